The number of Topliss-reactive ketones (excluding diaryl/α,β-unsaturated/α-hetero) is 1. The molecule has 0 heterocycles. The first-order valence-corrected chi connectivity index (χ1v) is 12.4. The van der Waals surface area contributed by atoms with Crippen LogP contribution in [0.2, 0.25) is 0 Å². The van der Waals surface area contributed by atoms with Crippen LogP contribution in [0.5, 0.6) is 23.0 Å². The molecule has 0 bridgehead atoms. The van der Waals surface area contributed by atoms with Crippen molar-refractivity contribution < 1.29 is 39.1 Å². The Labute approximate surface area is 211 Å². The summed E-state index contributed by atoms with van der Waals surface area (Å²) < 4.78 is 16.1. The van der Waals surface area contributed by atoms with E-state index in [1.54, 1.807) is 18.2 Å². The smallest absolute Gasteiger partial charge is 0.302 e. The first kappa shape index (κ1) is 27.3. The number of phenols is 2. The van der Waals surface area contributed by atoms with Crippen molar-refractivity contribution in [3.05, 3.63) is 47.5 Å². The SMILES string of the molecule is COc1cc(C2(CC(=O)C[C@@H](CCc3ccc(O)c(OCCO)c3)OC(C)=O)CCCC2)ccc1O. The molecule has 0 amide bonds. The fourth-order valence-corrected chi connectivity index (χ4v) is 5.08. The molecule has 1 aliphatic carbocycles. The van der Waals surface area contributed by atoms with Gasteiger partial charge in [-0.25, -0.2) is 0 Å². The molecule has 3 rings (SSSR count). The second kappa shape index (κ2) is 12.6. The molecule has 2 aromatic rings. The van der Waals surface area contributed by atoms with E-state index in [4.69, 9.17) is 19.3 Å². The van der Waals surface area contributed by atoms with Gasteiger partial charge in [0, 0.05) is 25.2 Å². The van der Waals surface area contributed by atoms with Crippen molar-refractivity contribution in [1.82, 2.24) is 0 Å². The molecule has 1 aliphatic rings. The van der Waals surface area contributed by atoms with Crippen LogP contribution >= 0.6 is 0 Å². The van der Waals surface area contributed by atoms with Gasteiger partial charge in [-0.2, -0.15) is 0 Å². The molecule has 0 radical (unpaired) electrons. The van der Waals surface area contributed by atoms with Crippen LogP contribution in [0.3, 0.4) is 0 Å². The largest absolute Gasteiger partial charge is 0.504 e. The van der Waals surface area contributed by atoms with E-state index in [0.29, 0.717) is 25.0 Å². The summed E-state index contributed by atoms with van der Waals surface area (Å²) in [6, 6.07) is 10.2. The van der Waals surface area contributed by atoms with Crippen molar-refractivity contribution >= 4 is 11.8 Å². The highest BCUT2D eigenvalue weighted by Gasteiger charge is 2.38. The van der Waals surface area contributed by atoms with Crippen molar-refractivity contribution in [1.29, 1.82) is 0 Å². The molecule has 1 atom stereocenters. The number of ketones is 1. The molecule has 2 aromatic carbocycles. The van der Waals surface area contributed by atoms with E-state index in [0.717, 1.165) is 36.8 Å². The summed E-state index contributed by atoms with van der Waals surface area (Å²) in [5.41, 5.74) is 1.51. The maximum atomic E-state index is 13.3. The summed E-state index contributed by atoms with van der Waals surface area (Å²) in [7, 11) is 1.50. The summed E-state index contributed by atoms with van der Waals surface area (Å²) in [6.45, 7) is 1.23. The van der Waals surface area contributed by atoms with Crippen LogP contribution in [-0.2, 0) is 26.2 Å². The number of hydrogen-bond acceptors (Lipinski definition) is 8. The minimum atomic E-state index is -0.571. The molecule has 0 aliphatic heterocycles. The lowest BCUT2D eigenvalue weighted by Gasteiger charge is -2.30. The number of phenolic OH excluding ortho intramolecular Hbond substituents is 2. The lowest BCUT2D eigenvalue weighted by Crippen LogP contribution is -2.29. The molecule has 8 heteroatoms. The lowest BCUT2D eigenvalue weighted by atomic mass is 9.74. The van der Waals surface area contributed by atoms with Gasteiger partial charge in [-0.3, -0.25) is 9.59 Å². The number of carbonyl (C=O) groups excluding carboxylic acids is 2. The van der Waals surface area contributed by atoms with E-state index in [9.17, 15) is 19.8 Å². The Bertz CT molecular complexity index is 1040. The molecule has 1 fully saturated rings. The first-order valence-electron chi connectivity index (χ1n) is 12.4. The summed E-state index contributed by atoms with van der Waals surface area (Å²) >= 11 is 0. The average molecular weight is 501 g/mol. The summed E-state index contributed by atoms with van der Waals surface area (Å²) in [6.07, 6.45) is 4.61. The Morgan fingerprint density at radius 3 is 2.39 bits per heavy atom. The third-order valence-corrected chi connectivity index (χ3v) is 6.80. The van der Waals surface area contributed by atoms with Crippen molar-refractivity contribution in [2.45, 2.75) is 69.8 Å². The summed E-state index contributed by atoms with van der Waals surface area (Å²) in [5, 5.41) is 28.9. The average Bonchev–Trinajstić information content (AvgIpc) is 3.31. The van der Waals surface area contributed by atoms with Gasteiger partial charge < -0.3 is 29.5 Å². The second-order valence-electron chi connectivity index (χ2n) is 9.44. The number of aryl methyl sites for hydroxylation is 1. The van der Waals surface area contributed by atoms with Crippen LogP contribution < -0.4 is 9.47 Å². The van der Waals surface area contributed by atoms with Gasteiger partial charge in [0.25, 0.3) is 0 Å². The zero-order valence-electron chi connectivity index (χ0n) is 21.0. The van der Waals surface area contributed by atoms with Gasteiger partial charge in [-0.15, -0.1) is 0 Å². The molecule has 1 saturated carbocycles. The third-order valence-electron chi connectivity index (χ3n) is 6.80. The quantitative estimate of drug-likeness (QED) is 0.350. The monoisotopic (exact) mass is 500 g/mol. The third kappa shape index (κ3) is 7.13. The van der Waals surface area contributed by atoms with Crippen LogP contribution in [0.25, 0.3) is 0 Å². The lowest BCUT2D eigenvalue weighted by molar-refractivity contribution is -0.148. The van der Waals surface area contributed by atoms with E-state index >= 15 is 0 Å². The maximum Gasteiger partial charge on any atom is 0.302 e. The fourth-order valence-electron chi connectivity index (χ4n) is 5.08. The van der Waals surface area contributed by atoms with E-state index in [1.165, 1.54) is 20.1 Å². The van der Waals surface area contributed by atoms with Gasteiger partial charge in [0.2, 0.25) is 0 Å². The predicted molar refractivity (Wildman–Crippen MR) is 134 cm³/mol. The second-order valence-corrected chi connectivity index (χ2v) is 9.44. The molecule has 0 saturated heterocycles. The Balaban J connectivity index is 1.69. The molecule has 0 spiro atoms. The number of aliphatic hydroxyl groups is 1. The highest BCUT2D eigenvalue weighted by molar-refractivity contribution is 5.81. The molecular formula is C28H36O8. The molecule has 0 unspecified atom stereocenters. The number of methoxy groups -OCH3 is 1. The Morgan fingerprint density at radius 2 is 1.72 bits per heavy atom. The van der Waals surface area contributed by atoms with Crippen LogP contribution in [0.1, 0.15) is 63.0 Å². The highest BCUT2D eigenvalue weighted by atomic mass is 16.5. The zero-order chi connectivity index (χ0) is 26.1. The summed E-state index contributed by atoms with van der Waals surface area (Å²) in [4.78, 5) is 25.0. The number of aromatic hydroxyl groups is 2. The van der Waals surface area contributed by atoms with Crippen LogP contribution in [0, 0.1) is 0 Å². The standard InChI is InChI=1S/C28H36O8/c1-19(30)36-23(8-5-20-6-9-25(33)27(15-20)35-14-13-29)17-22(31)18-28(11-3-4-12-28)21-7-10-24(32)26(16-21)34-2/h6-7,9-10,15-16,23,29,32-33H,3-5,8,11-14,17-18H2,1-2H3/t23-/m1/s1. The highest BCUT2D eigenvalue weighted by Crippen LogP contribution is 2.46. The number of ether oxygens (including phenoxy) is 3. The van der Waals surface area contributed by atoms with Gasteiger partial charge in [0.1, 0.15) is 18.5 Å². The molecule has 0 aromatic heterocycles. The van der Waals surface area contributed by atoms with Gasteiger partial charge >= 0.3 is 5.97 Å². The number of hydrogen-bond donors (Lipinski definition) is 3. The molecule has 36 heavy (non-hydrogen) atoms. The van der Waals surface area contributed by atoms with Crippen molar-refractivity contribution in [2.75, 3.05) is 20.3 Å². The van der Waals surface area contributed by atoms with Crippen molar-refractivity contribution in [2.24, 2.45) is 0 Å². The van der Waals surface area contributed by atoms with E-state index in [-0.39, 0.29) is 48.1 Å². The first-order chi connectivity index (χ1) is 17.3. The van der Waals surface area contributed by atoms with Crippen molar-refractivity contribution in [3.63, 3.8) is 0 Å². The van der Waals surface area contributed by atoms with Crippen LogP contribution in [0.4, 0.5) is 0 Å². The fraction of sp³-hybridized carbons (Fsp3) is 0.500. The molecule has 3 N–H and O–H groups in total. The Kier molecular flexibility index (Phi) is 9.58. The number of benzene rings is 2. The van der Waals surface area contributed by atoms with Gasteiger partial charge in [0.05, 0.1) is 13.7 Å². The molecule has 8 nitrogen and oxygen atoms in total. The van der Waals surface area contributed by atoms with Gasteiger partial charge in [-0.1, -0.05) is 25.0 Å². The summed E-state index contributed by atoms with van der Waals surface area (Å²) in [5.74, 6) is 0.285. The van der Waals surface area contributed by atoms with Crippen LogP contribution in [0.15, 0.2) is 36.4 Å². The van der Waals surface area contributed by atoms with E-state index in [2.05, 4.69) is 0 Å². The van der Waals surface area contributed by atoms with Gasteiger partial charge in [0.15, 0.2) is 23.0 Å². The predicted octanol–water partition coefficient (Wildman–Crippen LogP) is 4.20. The molecule has 196 valence electrons. The number of carbonyl (C=O) groups is 2. The topological polar surface area (TPSA) is 123 Å². The minimum Gasteiger partial charge on any atom is -0.504 e. The number of rotatable bonds is 13. The van der Waals surface area contributed by atoms with Crippen molar-refractivity contribution in [3.8, 4) is 23.0 Å². The van der Waals surface area contributed by atoms with Crippen LogP contribution in [-0.4, -0.2) is 53.5 Å². The van der Waals surface area contributed by atoms with Gasteiger partial charge in [-0.05, 0) is 61.1 Å². The normalized spacial score (nSPS) is 15.3. The van der Waals surface area contributed by atoms with E-state index < -0.39 is 12.1 Å². The minimum absolute atomic E-state index is 0.0212. The number of aliphatic hydroxyl groups excluding tert-OH is 1. The maximum absolute atomic E-state index is 13.3. The Hall–Kier alpha value is -3.26. The number of esters is 1. The zero-order valence-corrected chi connectivity index (χ0v) is 21.0. The Morgan fingerprint density at radius 1 is 1.03 bits per heavy atom. The van der Waals surface area contributed by atoms with E-state index in [1.807, 2.05) is 12.1 Å². The molecular weight excluding hydrogens is 464 g/mol.